The highest BCUT2D eigenvalue weighted by molar-refractivity contribution is 7.94. The molecule has 0 N–H and O–H groups in total. The quantitative estimate of drug-likeness (QED) is 0.194. The lowest BCUT2D eigenvalue weighted by atomic mass is 10.1. The van der Waals surface area contributed by atoms with Gasteiger partial charge in [0.25, 0.3) is 0 Å². The minimum atomic E-state index is -5.46. The highest BCUT2D eigenvalue weighted by Gasteiger charge is 2.56. The Morgan fingerprint density at radius 2 is 1.32 bits per heavy atom. The van der Waals surface area contributed by atoms with E-state index >= 15 is 0 Å². The molecule has 0 atom stereocenters. The van der Waals surface area contributed by atoms with E-state index in [0.717, 1.165) is 30.6 Å². The molecule has 0 saturated heterocycles. The molecule has 0 aromatic heterocycles. The standard InChI is InChI=1S/C15H27F5OS/c1-2-3-4-5-6-7-8-9-13-22-21-12-10-11-14(16,17)15(18,19)20/h2-13H2,1H3. The predicted octanol–water partition coefficient (Wildman–Crippen LogP) is 6.77. The summed E-state index contributed by atoms with van der Waals surface area (Å²) in [6.07, 6.45) is 2.62. The normalized spacial score (nSPS) is 12.8. The molecule has 22 heavy (non-hydrogen) atoms. The zero-order chi connectivity index (χ0) is 16.9. The summed E-state index contributed by atoms with van der Waals surface area (Å²) in [5, 5.41) is 0. The molecular weight excluding hydrogens is 323 g/mol. The topological polar surface area (TPSA) is 9.23 Å². The van der Waals surface area contributed by atoms with Crippen molar-refractivity contribution < 1.29 is 26.1 Å². The Morgan fingerprint density at radius 1 is 0.773 bits per heavy atom. The third kappa shape index (κ3) is 11.5. The first kappa shape index (κ1) is 22.0. The maximum atomic E-state index is 12.6. The van der Waals surface area contributed by atoms with E-state index in [9.17, 15) is 22.0 Å². The predicted molar refractivity (Wildman–Crippen MR) is 81.3 cm³/mol. The number of alkyl halides is 5. The smallest absolute Gasteiger partial charge is 0.315 e. The highest BCUT2D eigenvalue weighted by Crippen LogP contribution is 2.38. The molecule has 0 rings (SSSR count). The van der Waals surface area contributed by atoms with Crippen molar-refractivity contribution in [3.63, 3.8) is 0 Å². The monoisotopic (exact) mass is 350 g/mol. The Kier molecular flexibility index (Phi) is 12.4. The minimum Gasteiger partial charge on any atom is -0.315 e. The molecule has 0 aliphatic heterocycles. The van der Waals surface area contributed by atoms with Gasteiger partial charge < -0.3 is 4.18 Å². The van der Waals surface area contributed by atoms with Crippen LogP contribution in [0.5, 0.6) is 0 Å². The fraction of sp³-hybridized carbons (Fsp3) is 1.00. The average molecular weight is 350 g/mol. The summed E-state index contributed by atoms with van der Waals surface area (Å²) in [5.74, 6) is -3.86. The Labute approximate surface area is 134 Å². The lowest BCUT2D eigenvalue weighted by Crippen LogP contribution is -2.36. The number of unbranched alkanes of at least 4 members (excludes halogenated alkanes) is 7. The molecule has 0 aliphatic carbocycles. The maximum absolute atomic E-state index is 12.6. The van der Waals surface area contributed by atoms with Crippen molar-refractivity contribution in [3.8, 4) is 0 Å². The van der Waals surface area contributed by atoms with Gasteiger partial charge >= 0.3 is 12.1 Å². The molecular formula is C15H27F5OS. The molecule has 7 heteroatoms. The fourth-order valence-corrected chi connectivity index (χ4v) is 2.58. The maximum Gasteiger partial charge on any atom is 0.453 e. The lowest BCUT2D eigenvalue weighted by molar-refractivity contribution is -0.284. The summed E-state index contributed by atoms with van der Waals surface area (Å²) in [5.41, 5.74) is 0. The van der Waals surface area contributed by atoms with Gasteiger partial charge in [-0.05, 0) is 24.9 Å². The van der Waals surface area contributed by atoms with Crippen molar-refractivity contribution >= 4 is 12.0 Å². The van der Waals surface area contributed by atoms with Crippen molar-refractivity contribution in [2.24, 2.45) is 0 Å². The largest absolute Gasteiger partial charge is 0.453 e. The highest BCUT2D eigenvalue weighted by atomic mass is 32.2. The van der Waals surface area contributed by atoms with Crippen LogP contribution >= 0.6 is 12.0 Å². The number of hydrogen-bond donors (Lipinski definition) is 0. The van der Waals surface area contributed by atoms with Crippen molar-refractivity contribution in [1.82, 2.24) is 0 Å². The van der Waals surface area contributed by atoms with Gasteiger partial charge in [0.05, 0.1) is 6.61 Å². The van der Waals surface area contributed by atoms with Gasteiger partial charge in [0.2, 0.25) is 0 Å². The summed E-state index contributed by atoms with van der Waals surface area (Å²) in [4.78, 5) is 0. The second-order valence-corrected chi connectivity index (χ2v) is 6.30. The van der Waals surface area contributed by atoms with E-state index in [4.69, 9.17) is 4.18 Å². The molecule has 0 unspecified atom stereocenters. The molecule has 0 bridgehead atoms. The summed E-state index contributed by atoms with van der Waals surface area (Å²) in [7, 11) is 0. The number of hydrogen-bond acceptors (Lipinski definition) is 2. The van der Waals surface area contributed by atoms with Crippen LogP contribution in [0.2, 0.25) is 0 Å². The van der Waals surface area contributed by atoms with Gasteiger partial charge in [-0.15, -0.1) is 0 Å². The fourth-order valence-electron chi connectivity index (χ4n) is 1.91. The second-order valence-electron chi connectivity index (χ2n) is 5.42. The molecule has 134 valence electrons. The van der Waals surface area contributed by atoms with Crippen LogP contribution in [0.4, 0.5) is 22.0 Å². The molecule has 0 aromatic rings. The van der Waals surface area contributed by atoms with Gasteiger partial charge in [-0.1, -0.05) is 51.9 Å². The first-order chi connectivity index (χ1) is 10.3. The van der Waals surface area contributed by atoms with E-state index in [1.807, 2.05) is 0 Å². The summed E-state index contributed by atoms with van der Waals surface area (Å²) in [6, 6.07) is 0. The summed E-state index contributed by atoms with van der Waals surface area (Å²) < 4.78 is 65.8. The molecule has 0 amide bonds. The molecule has 0 saturated carbocycles. The van der Waals surface area contributed by atoms with Crippen molar-refractivity contribution in [2.45, 2.75) is 83.2 Å². The van der Waals surface area contributed by atoms with Crippen LogP contribution in [0.1, 0.15) is 71.1 Å². The van der Waals surface area contributed by atoms with Crippen molar-refractivity contribution in [3.05, 3.63) is 0 Å². The van der Waals surface area contributed by atoms with Gasteiger partial charge in [-0.25, -0.2) is 0 Å². The van der Waals surface area contributed by atoms with Gasteiger partial charge in [0.1, 0.15) is 0 Å². The Balaban J connectivity index is 3.28. The van der Waals surface area contributed by atoms with Crippen molar-refractivity contribution in [1.29, 1.82) is 0 Å². The Morgan fingerprint density at radius 3 is 1.86 bits per heavy atom. The van der Waals surface area contributed by atoms with E-state index in [1.54, 1.807) is 0 Å². The van der Waals surface area contributed by atoms with Gasteiger partial charge in [-0.3, -0.25) is 0 Å². The summed E-state index contributed by atoms with van der Waals surface area (Å²) >= 11 is 1.16. The van der Waals surface area contributed by atoms with Crippen LogP contribution in [-0.2, 0) is 4.18 Å². The number of rotatable bonds is 14. The zero-order valence-corrected chi connectivity index (χ0v) is 14.0. The second kappa shape index (κ2) is 12.4. The third-order valence-corrected chi connectivity index (χ3v) is 4.09. The van der Waals surface area contributed by atoms with Crippen LogP contribution in [0.3, 0.4) is 0 Å². The Bertz CT molecular complexity index is 259. The Hall–Kier alpha value is -0.0400. The van der Waals surface area contributed by atoms with E-state index in [2.05, 4.69) is 6.92 Å². The van der Waals surface area contributed by atoms with Gasteiger partial charge in [0.15, 0.2) is 0 Å². The molecule has 0 fully saturated rings. The molecule has 0 aromatic carbocycles. The molecule has 0 radical (unpaired) electrons. The SMILES string of the molecule is CCCCCCCCCCSOCCCC(F)(F)C(F)(F)F. The third-order valence-electron chi connectivity index (χ3n) is 3.30. The first-order valence-electron chi connectivity index (χ1n) is 8.00. The van der Waals surface area contributed by atoms with Crippen LogP contribution in [0.25, 0.3) is 0 Å². The molecule has 1 nitrogen and oxygen atoms in total. The van der Waals surface area contributed by atoms with Crippen LogP contribution in [-0.4, -0.2) is 24.5 Å². The van der Waals surface area contributed by atoms with Crippen molar-refractivity contribution in [2.75, 3.05) is 12.4 Å². The number of halogens is 5. The van der Waals surface area contributed by atoms with Gasteiger partial charge in [-0.2, -0.15) is 22.0 Å². The minimum absolute atomic E-state index is 0.0760. The average Bonchev–Trinajstić information content (AvgIpc) is 2.42. The van der Waals surface area contributed by atoms with E-state index in [0.29, 0.717) is 0 Å². The van der Waals surface area contributed by atoms with Crippen LogP contribution in [0, 0.1) is 0 Å². The molecule has 0 spiro atoms. The zero-order valence-electron chi connectivity index (χ0n) is 13.2. The van der Waals surface area contributed by atoms with Crippen LogP contribution in [0.15, 0.2) is 0 Å². The molecule has 0 heterocycles. The van der Waals surface area contributed by atoms with Crippen LogP contribution < -0.4 is 0 Å². The van der Waals surface area contributed by atoms with E-state index < -0.39 is 18.5 Å². The van der Waals surface area contributed by atoms with E-state index in [1.165, 1.54) is 38.5 Å². The molecule has 0 aliphatic rings. The summed E-state index contributed by atoms with van der Waals surface area (Å²) in [6.45, 7) is 2.11. The lowest BCUT2D eigenvalue weighted by Gasteiger charge is -2.18. The first-order valence-corrected chi connectivity index (χ1v) is 8.91. The van der Waals surface area contributed by atoms with E-state index in [-0.39, 0.29) is 13.0 Å². The van der Waals surface area contributed by atoms with Gasteiger partial charge in [0, 0.05) is 12.2 Å².